The number of ether oxygens (including phenoxy) is 1. The van der Waals surface area contributed by atoms with Gasteiger partial charge in [-0.2, -0.15) is 0 Å². The van der Waals surface area contributed by atoms with Gasteiger partial charge in [0.25, 0.3) is 5.91 Å². The highest BCUT2D eigenvalue weighted by molar-refractivity contribution is 7.19. The van der Waals surface area contributed by atoms with Crippen molar-refractivity contribution in [1.29, 1.82) is 0 Å². The van der Waals surface area contributed by atoms with Crippen molar-refractivity contribution in [2.45, 2.75) is 26.7 Å². The number of hydrogen-bond acceptors (Lipinski definition) is 6. The fourth-order valence-electron chi connectivity index (χ4n) is 2.00. The molecule has 0 saturated carbocycles. The second-order valence-electron chi connectivity index (χ2n) is 4.94. The molecule has 7 nitrogen and oxygen atoms in total. The van der Waals surface area contributed by atoms with Crippen molar-refractivity contribution >= 4 is 22.2 Å². The van der Waals surface area contributed by atoms with E-state index in [2.05, 4.69) is 15.5 Å². The van der Waals surface area contributed by atoms with Crippen LogP contribution >= 0.6 is 11.3 Å². The van der Waals surface area contributed by atoms with Crippen LogP contribution in [0.3, 0.4) is 0 Å². The summed E-state index contributed by atoms with van der Waals surface area (Å²) in [5.41, 5.74) is 0.859. The van der Waals surface area contributed by atoms with Crippen LogP contribution < -0.4 is 5.32 Å². The third-order valence-electron chi connectivity index (χ3n) is 3.01. The fraction of sp³-hybridized carbons (Fsp3) is 0.615. The molecule has 2 heterocycles. The highest BCUT2D eigenvalue weighted by Gasteiger charge is 2.20. The number of carbonyl (C=O) groups excluding carboxylic acids is 1. The van der Waals surface area contributed by atoms with Gasteiger partial charge in [0.2, 0.25) is 4.96 Å². The average molecular weight is 312 g/mol. The number of nitrogens with zero attached hydrogens (tertiary/aromatic N) is 3. The number of aromatic nitrogens is 3. The number of aliphatic hydroxyl groups excluding tert-OH is 1. The third kappa shape index (κ3) is 3.39. The van der Waals surface area contributed by atoms with Gasteiger partial charge < -0.3 is 15.2 Å². The summed E-state index contributed by atoms with van der Waals surface area (Å²) in [6.07, 6.45) is 0. The molecule has 116 valence electrons. The maximum absolute atomic E-state index is 12.2. The molecule has 21 heavy (non-hydrogen) atoms. The van der Waals surface area contributed by atoms with Gasteiger partial charge in [-0.15, -0.1) is 10.2 Å². The summed E-state index contributed by atoms with van der Waals surface area (Å²) in [5.74, 6) is 0.977. The average Bonchev–Trinajstić information content (AvgIpc) is 2.99. The van der Waals surface area contributed by atoms with Gasteiger partial charge in [-0.3, -0.25) is 9.20 Å². The second kappa shape index (κ2) is 6.97. The Morgan fingerprint density at radius 1 is 1.43 bits per heavy atom. The second-order valence-corrected chi connectivity index (χ2v) is 5.92. The van der Waals surface area contributed by atoms with E-state index in [0.29, 0.717) is 18.0 Å². The van der Waals surface area contributed by atoms with Crippen molar-refractivity contribution < 1.29 is 14.6 Å². The quantitative estimate of drug-likeness (QED) is 0.744. The van der Waals surface area contributed by atoms with Crippen molar-refractivity contribution in [3.8, 4) is 0 Å². The topological polar surface area (TPSA) is 88.8 Å². The first-order chi connectivity index (χ1) is 10.1. The van der Waals surface area contributed by atoms with Crippen LogP contribution in [-0.2, 0) is 4.74 Å². The lowest BCUT2D eigenvalue weighted by molar-refractivity contribution is 0.0840. The molecule has 1 amide bonds. The van der Waals surface area contributed by atoms with E-state index < -0.39 is 0 Å². The third-order valence-corrected chi connectivity index (χ3v) is 4.14. The normalized spacial score (nSPS) is 11.5. The molecule has 2 aromatic rings. The summed E-state index contributed by atoms with van der Waals surface area (Å²) in [7, 11) is 0. The lowest BCUT2D eigenvalue weighted by Crippen LogP contribution is -2.27. The Kier molecular flexibility index (Phi) is 5.27. The number of thiazole rings is 1. The standard InChI is InChI=1S/C13H20N4O3S/c1-8(2)11-15-16-13-17(11)9(3)10(21-13)12(19)14-4-6-20-7-5-18/h8,18H,4-7H2,1-3H3,(H,14,19). The molecule has 0 aromatic carbocycles. The van der Waals surface area contributed by atoms with E-state index in [-0.39, 0.29) is 25.0 Å². The van der Waals surface area contributed by atoms with Crippen LogP contribution in [0.15, 0.2) is 0 Å². The van der Waals surface area contributed by atoms with E-state index >= 15 is 0 Å². The Morgan fingerprint density at radius 2 is 2.19 bits per heavy atom. The Hall–Kier alpha value is -1.51. The largest absolute Gasteiger partial charge is 0.394 e. The summed E-state index contributed by atoms with van der Waals surface area (Å²) < 4.78 is 7.04. The molecule has 0 bridgehead atoms. The monoisotopic (exact) mass is 312 g/mol. The predicted octanol–water partition coefficient (Wildman–Crippen LogP) is 0.961. The van der Waals surface area contributed by atoms with E-state index in [1.807, 2.05) is 25.2 Å². The molecule has 8 heteroatoms. The number of fused-ring (bicyclic) bond motifs is 1. The molecule has 0 aliphatic rings. The van der Waals surface area contributed by atoms with Gasteiger partial charge in [0.1, 0.15) is 10.7 Å². The van der Waals surface area contributed by atoms with E-state index in [1.54, 1.807) is 0 Å². The molecule has 0 unspecified atom stereocenters. The number of amides is 1. The van der Waals surface area contributed by atoms with Crippen LogP contribution in [0.2, 0.25) is 0 Å². The van der Waals surface area contributed by atoms with Crippen LogP contribution in [0, 0.1) is 6.92 Å². The van der Waals surface area contributed by atoms with E-state index in [9.17, 15) is 4.79 Å². The van der Waals surface area contributed by atoms with Gasteiger partial charge >= 0.3 is 0 Å². The van der Waals surface area contributed by atoms with Crippen molar-refractivity contribution in [2.75, 3.05) is 26.4 Å². The Balaban J connectivity index is 2.08. The van der Waals surface area contributed by atoms with Gasteiger partial charge in [0.05, 0.1) is 19.8 Å². The number of rotatable bonds is 7. The zero-order valence-electron chi connectivity index (χ0n) is 12.4. The lowest BCUT2D eigenvalue weighted by Gasteiger charge is -2.06. The van der Waals surface area contributed by atoms with Gasteiger partial charge in [-0.05, 0) is 6.92 Å². The summed E-state index contributed by atoms with van der Waals surface area (Å²) in [6, 6.07) is 0. The highest BCUT2D eigenvalue weighted by Crippen LogP contribution is 2.25. The summed E-state index contributed by atoms with van der Waals surface area (Å²) in [6.45, 7) is 7.05. The van der Waals surface area contributed by atoms with E-state index in [1.165, 1.54) is 11.3 Å². The molecular formula is C13H20N4O3S. The summed E-state index contributed by atoms with van der Waals surface area (Å²) in [4.78, 5) is 13.6. The minimum Gasteiger partial charge on any atom is -0.394 e. The molecule has 2 aromatic heterocycles. The molecule has 0 spiro atoms. The van der Waals surface area contributed by atoms with Crippen LogP contribution in [-0.4, -0.2) is 52.0 Å². The fourth-order valence-corrected chi connectivity index (χ4v) is 2.99. The minimum atomic E-state index is -0.134. The Labute approximate surface area is 127 Å². The molecule has 0 aliphatic carbocycles. The smallest absolute Gasteiger partial charge is 0.263 e. The number of carbonyl (C=O) groups is 1. The molecule has 0 aliphatic heterocycles. The van der Waals surface area contributed by atoms with E-state index in [4.69, 9.17) is 9.84 Å². The molecule has 2 rings (SSSR count). The molecular weight excluding hydrogens is 292 g/mol. The van der Waals surface area contributed by atoms with Crippen LogP contribution in [0.5, 0.6) is 0 Å². The van der Waals surface area contributed by atoms with Crippen LogP contribution in [0.1, 0.15) is 41.0 Å². The highest BCUT2D eigenvalue weighted by atomic mass is 32.1. The number of hydrogen-bond donors (Lipinski definition) is 2. The maximum atomic E-state index is 12.2. The zero-order chi connectivity index (χ0) is 15.4. The maximum Gasteiger partial charge on any atom is 0.263 e. The number of aliphatic hydroxyl groups is 1. The van der Waals surface area contributed by atoms with E-state index in [0.717, 1.165) is 16.5 Å². The molecule has 0 saturated heterocycles. The molecule has 0 radical (unpaired) electrons. The first-order valence-electron chi connectivity index (χ1n) is 6.87. The first-order valence-corrected chi connectivity index (χ1v) is 7.69. The van der Waals surface area contributed by atoms with Crippen molar-refractivity contribution in [3.05, 3.63) is 16.4 Å². The van der Waals surface area contributed by atoms with Crippen molar-refractivity contribution in [3.63, 3.8) is 0 Å². The molecule has 2 N–H and O–H groups in total. The van der Waals surface area contributed by atoms with Crippen LogP contribution in [0.4, 0.5) is 0 Å². The SMILES string of the molecule is Cc1c(C(=O)NCCOCCO)sc2nnc(C(C)C)n12. The van der Waals surface area contributed by atoms with Gasteiger partial charge in [-0.25, -0.2) is 0 Å². The summed E-state index contributed by atoms with van der Waals surface area (Å²) in [5, 5.41) is 19.7. The van der Waals surface area contributed by atoms with Crippen molar-refractivity contribution in [2.24, 2.45) is 0 Å². The Bertz CT molecular complexity index is 620. The van der Waals surface area contributed by atoms with Gasteiger partial charge in [0, 0.05) is 18.2 Å². The number of nitrogens with one attached hydrogen (secondary N) is 1. The summed E-state index contributed by atoms with van der Waals surface area (Å²) >= 11 is 1.34. The molecule has 0 fully saturated rings. The van der Waals surface area contributed by atoms with Crippen LogP contribution in [0.25, 0.3) is 4.96 Å². The first kappa shape index (κ1) is 15.9. The molecule has 0 atom stereocenters. The predicted molar refractivity (Wildman–Crippen MR) is 79.9 cm³/mol. The zero-order valence-corrected chi connectivity index (χ0v) is 13.2. The Morgan fingerprint density at radius 3 is 2.86 bits per heavy atom. The van der Waals surface area contributed by atoms with Gasteiger partial charge in [0.15, 0.2) is 0 Å². The number of aryl methyl sites for hydroxylation is 1. The van der Waals surface area contributed by atoms with Gasteiger partial charge in [-0.1, -0.05) is 25.2 Å². The minimum absolute atomic E-state index is 0.0137. The lowest BCUT2D eigenvalue weighted by atomic mass is 10.2. The van der Waals surface area contributed by atoms with Crippen molar-refractivity contribution in [1.82, 2.24) is 19.9 Å².